The number of rotatable bonds is 3. The summed E-state index contributed by atoms with van der Waals surface area (Å²) in [6, 6.07) is 0. The van der Waals surface area contributed by atoms with E-state index in [4.69, 9.17) is 0 Å². The Kier molecular flexibility index (Phi) is 3.54. The molecule has 0 amide bonds. The molecule has 0 unspecified atom stereocenters. The molecule has 0 fully saturated rings. The van der Waals surface area contributed by atoms with Crippen molar-refractivity contribution in [2.75, 3.05) is 0 Å². The third-order valence-electron chi connectivity index (χ3n) is 0.645. The first-order chi connectivity index (χ1) is 4.83. The molecule has 68 valence electrons. The number of alkyl halides is 1. The predicted molar refractivity (Wildman–Crippen MR) is 23.8 cm³/mol. The maximum Gasteiger partial charge on any atom is 0.358 e. The monoisotopic (exact) mass is 247 g/mol. The molecule has 0 aliphatic heterocycles. The molecule has 0 saturated heterocycles. The molecule has 0 aromatic carbocycles. The summed E-state index contributed by atoms with van der Waals surface area (Å²) in [6.45, 7) is 0. The molecule has 0 aliphatic rings. The van der Waals surface area contributed by atoms with E-state index in [0.29, 0.717) is 0 Å². The fourth-order valence-corrected chi connectivity index (χ4v) is 0.171. The lowest BCUT2D eigenvalue weighted by Crippen LogP contribution is -2.50. The van der Waals surface area contributed by atoms with Crippen LogP contribution in [-0.2, 0) is 0 Å². The minimum absolute atomic E-state index is 1.41. The van der Waals surface area contributed by atoms with E-state index in [2.05, 4.69) is 0 Å². The average molecular weight is 248 g/mol. The fraction of sp³-hybridized carbons (Fsp3) is 1.00. The quantitative estimate of drug-likeness (QED) is 0.249. The van der Waals surface area contributed by atoms with E-state index < -0.39 is 20.7 Å². The van der Waals surface area contributed by atoms with Gasteiger partial charge in [0.1, 0.15) is 0 Å². The van der Waals surface area contributed by atoms with Crippen LogP contribution in [0, 0.1) is 0 Å². The van der Waals surface area contributed by atoms with E-state index >= 15 is 0 Å². The summed E-state index contributed by atoms with van der Waals surface area (Å²) >= 11 is 1.41. The van der Waals surface area contributed by atoms with Crippen LogP contribution in [0.4, 0.5) is 26.9 Å². The van der Waals surface area contributed by atoms with Crippen LogP contribution in [0.2, 0.25) is 0 Å². The van der Waals surface area contributed by atoms with Crippen LogP contribution in [0.1, 0.15) is 0 Å². The summed E-state index contributed by atoms with van der Waals surface area (Å²) in [4.78, 5) is 0. The molecule has 0 aromatic heterocycles. The van der Waals surface area contributed by atoms with Crippen molar-refractivity contribution in [2.45, 2.75) is 4.70 Å². The van der Waals surface area contributed by atoms with Crippen molar-refractivity contribution in [1.29, 1.82) is 0 Å². The van der Waals surface area contributed by atoms with Gasteiger partial charge in [0.2, 0.25) is 0 Å². The molecular formula is CBrF6N3. The van der Waals surface area contributed by atoms with Crippen LogP contribution in [-0.4, -0.2) is 20.7 Å². The summed E-state index contributed by atoms with van der Waals surface area (Å²) in [6.07, 6.45) is 0. The van der Waals surface area contributed by atoms with Crippen LogP contribution in [0.15, 0.2) is 0 Å². The van der Waals surface area contributed by atoms with Crippen LogP contribution in [0.3, 0.4) is 0 Å². The van der Waals surface area contributed by atoms with Crippen molar-refractivity contribution in [3.05, 3.63) is 0 Å². The molecule has 11 heavy (non-hydrogen) atoms. The number of nitrogens with zero attached hydrogens (tertiary/aromatic N) is 3. The number of hydrogen-bond donors (Lipinski definition) is 0. The molecule has 10 heteroatoms. The molecule has 0 aliphatic carbocycles. The Morgan fingerprint density at radius 2 is 0.909 bits per heavy atom. The predicted octanol–water partition coefficient (Wildman–Crippen LogP) is 2.21. The van der Waals surface area contributed by atoms with Gasteiger partial charge in [0.15, 0.2) is 0 Å². The van der Waals surface area contributed by atoms with Crippen molar-refractivity contribution in [1.82, 2.24) is 16.0 Å². The van der Waals surface area contributed by atoms with E-state index in [-0.39, 0.29) is 0 Å². The summed E-state index contributed by atoms with van der Waals surface area (Å²) in [5, 5.41) is -7.19. The van der Waals surface area contributed by atoms with Crippen molar-refractivity contribution in [3.63, 3.8) is 0 Å². The second kappa shape index (κ2) is 3.56. The normalized spacial score (nSPS) is 13.6. The summed E-state index contributed by atoms with van der Waals surface area (Å²) in [7, 11) is 0. The Labute approximate surface area is 64.5 Å². The van der Waals surface area contributed by atoms with Gasteiger partial charge < -0.3 is 0 Å². The van der Waals surface area contributed by atoms with Crippen molar-refractivity contribution < 1.29 is 26.9 Å². The van der Waals surface area contributed by atoms with Crippen LogP contribution >= 0.6 is 15.9 Å². The van der Waals surface area contributed by atoms with E-state index in [1.165, 1.54) is 15.9 Å². The van der Waals surface area contributed by atoms with Gasteiger partial charge in [-0.2, -0.15) is 0 Å². The Morgan fingerprint density at radius 1 is 0.727 bits per heavy atom. The lowest BCUT2D eigenvalue weighted by molar-refractivity contribution is -0.435. The summed E-state index contributed by atoms with van der Waals surface area (Å²) in [5.41, 5.74) is 0. The second-order valence-electron chi connectivity index (χ2n) is 1.25. The van der Waals surface area contributed by atoms with Crippen molar-refractivity contribution in [3.8, 4) is 0 Å². The highest BCUT2D eigenvalue weighted by Gasteiger charge is 2.53. The van der Waals surface area contributed by atoms with Gasteiger partial charge in [0, 0.05) is 0 Å². The van der Waals surface area contributed by atoms with E-state index in [9.17, 15) is 26.9 Å². The zero-order chi connectivity index (χ0) is 9.23. The first-order valence-corrected chi connectivity index (χ1v) is 2.67. The van der Waals surface area contributed by atoms with Gasteiger partial charge >= 0.3 is 4.70 Å². The Morgan fingerprint density at radius 3 is 0.909 bits per heavy atom. The standard InChI is InChI=1S/CBrF6N3/c2-1(9(3)4,10(5)6)11(7)8. The molecule has 0 N–H and O–H groups in total. The Bertz CT molecular complexity index is 105. The minimum atomic E-state index is -4.19. The number of halogens is 7. The molecule has 0 radical (unpaired) electrons. The largest absolute Gasteiger partial charge is 0.358 e. The van der Waals surface area contributed by atoms with Crippen LogP contribution < -0.4 is 0 Å². The summed E-state index contributed by atoms with van der Waals surface area (Å²) < 4.78 is 63.8. The maximum absolute atomic E-state index is 11.3. The van der Waals surface area contributed by atoms with E-state index in [0.717, 1.165) is 0 Å². The Hall–Kier alpha value is -0.0600. The molecule has 0 bridgehead atoms. The Balaban J connectivity index is 4.53. The number of hydrogen-bond acceptors (Lipinski definition) is 3. The first-order valence-electron chi connectivity index (χ1n) is 1.87. The topological polar surface area (TPSA) is 9.72 Å². The molecule has 0 atom stereocenters. The van der Waals surface area contributed by atoms with Crippen LogP contribution in [0.25, 0.3) is 0 Å². The maximum atomic E-state index is 11.3. The highest BCUT2D eigenvalue weighted by atomic mass is 79.9. The highest BCUT2D eigenvalue weighted by Crippen LogP contribution is 2.34. The highest BCUT2D eigenvalue weighted by molar-refractivity contribution is 9.10. The van der Waals surface area contributed by atoms with Crippen LogP contribution in [0.5, 0.6) is 0 Å². The van der Waals surface area contributed by atoms with Gasteiger partial charge in [0.05, 0.1) is 16.0 Å². The molecule has 0 spiro atoms. The van der Waals surface area contributed by atoms with Gasteiger partial charge in [-0.15, -0.1) is 0 Å². The zero-order valence-electron chi connectivity index (χ0n) is 4.49. The lowest BCUT2D eigenvalue weighted by atomic mass is 10.9. The SMILES string of the molecule is FN(F)C(Br)(N(F)F)N(F)F. The molecule has 3 nitrogen and oxygen atoms in total. The van der Waals surface area contributed by atoms with Crippen molar-refractivity contribution in [2.24, 2.45) is 0 Å². The molecular weight excluding hydrogens is 248 g/mol. The lowest BCUT2D eigenvalue weighted by Gasteiger charge is -2.24. The van der Waals surface area contributed by atoms with E-state index in [1.54, 1.807) is 0 Å². The molecule has 0 aromatic rings. The average Bonchev–Trinajstić information content (AvgIpc) is 1.84. The third kappa shape index (κ3) is 1.95. The fourth-order valence-electron chi connectivity index (χ4n) is 0.171. The van der Waals surface area contributed by atoms with Gasteiger partial charge in [-0.05, 0) is 15.9 Å². The zero-order valence-corrected chi connectivity index (χ0v) is 6.07. The first kappa shape index (κ1) is 10.9. The van der Waals surface area contributed by atoms with E-state index in [1.807, 2.05) is 0 Å². The van der Waals surface area contributed by atoms with Gasteiger partial charge in [-0.3, -0.25) is 0 Å². The van der Waals surface area contributed by atoms with Gasteiger partial charge in [-0.25, -0.2) is 0 Å². The smallest absolute Gasteiger partial charge is 0.0967 e. The van der Waals surface area contributed by atoms with Crippen molar-refractivity contribution >= 4 is 15.9 Å². The summed E-state index contributed by atoms with van der Waals surface area (Å²) in [5.74, 6) is 0. The molecule has 0 rings (SSSR count). The second-order valence-corrected chi connectivity index (χ2v) is 2.32. The van der Waals surface area contributed by atoms with Gasteiger partial charge in [-0.1, -0.05) is 26.9 Å². The van der Waals surface area contributed by atoms with Gasteiger partial charge in [0.25, 0.3) is 0 Å². The molecule has 0 saturated carbocycles. The third-order valence-corrected chi connectivity index (χ3v) is 1.45. The minimum Gasteiger partial charge on any atom is -0.0967 e. The molecule has 0 heterocycles.